The van der Waals surface area contributed by atoms with Crippen LogP contribution in [0.4, 0.5) is 0 Å². The molecule has 0 heterocycles. The quantitative estimate of drug-likeness (QED) is 0.330. The third kappa shape index (κ3) is 1580. The van der Waals surface area contributed by atoms with Crippen molar-refractivity contribution < 1.29 is 81.5 Å². The van der Waals surface area contributed by atoms with Gasteiger partial charge in [0.1, 0.15) is 0 Å². The smallest absolute Gasteiger partial charge is 0.394 e. The Bertz CT molecular complexity index is 97.7. The van der Waals surface area contributed by atoms with E-state index in [2.05, 4.69) is 0 Å². The van der Waals surface area contributed by atoms with Crippen LogP contribution in [0.2, 0.25) is 0 Å². The summed E-state index contributed by atoms with van der Waals surface area (Å²) >= 11 is 0. The zero-order chi connectivity index (χ0) is 4.50. The summed E-state index contributed by atoms with van der Waals surface area (Å²) < 4.78 is 31.6. The van der Waals surface area contributed by atoms with Crippen LogP contribution in [0.15, 0.2) is 0 Å². The molecule has 12 N–H and O–H groups in total. The molecule has 0 rings (SSSR count). The molecule has 0 aliphatic heterocycles. The fraction of sp³-hybridized carbons (Fsp3) is 0. The first kappa shape index (κ1) is 77.2. The zero-order valence-corrected chi connectivity index (χ0v) is 10.4. The van der Waals surface area contributed by atoms with Crippen LogP contribution in [0.3, 0.4) is 0 Å². The average Bonchev–Trinajstić information content (AvgIpc) is 0.722. The van der Waals surface area contributed by atoms with Gasteiger partial charge in [0.2, 0.25) is 0 Å². The fourth-order valence-corrected chi connectivity index (χ4v) is 0. The van der Waals surface area contributed by atoms with Gasteiger partial charge in [0, 0.05) is 36.5 Å². The maximum atomic E-state index is 8.74. The second-order valence-electron chi connectivity index (χ2n) is 0.448. The maximum Gasteiger partial charge on any atom is 0.394 e. The van der Waals surface area contributed by atoms with Crippen molar-refractivity contribution in [1.29, 1.82) is 0 Å². The van der Waals surface area contributed by atoms with E-state index in [1.807, 2.05) is 0 Å². The Morgan fingerprint density at radius 3 is 0.750 bits per heavy atom. The third-order valence-corrected chi connectivity index (χ3v) is 0. The monoisotopic (exact) mass is 315 g/mol. The van der Waals surface area contributed by atoms with Crippen LogP contribution >= 0.6 is 0 Å². The summed E-state index contributed by atoms with van der Waals surface area (Å²) in [6.07, 6.45) is 0. The molecule has 0 amide bonds. The van der Waals surface area contributed by atoms with Crippen molar-refractivity contribution in [1.82, 2.24) is 0 Å². The molecule has 0 aliphatic rings. The Labute approximate surface area is 91.9 Å². The minimum atomic E-state index is -4.67. The molecule has 1 radical (unpaired) electrons. The van der Waals surface area contributed by atoms with Crippen LogP contribution in [-0.4, -0.2) is 44.9 Å². The second-order valence-corrected chi connectivity index (χ2v) is 1.34. The van der Waals surface area contributed by atoms with E-state index in [9.17, 15) is 0 Å². The molecule has 0 unspecified atom stereocenters. The topological polar surface area (TPSA) is 232 Å². The van der Waals surface area contributed by atoms with Gasteiger partial charge in [-0.15, -0.1) is 0 Å². The molecule has 0 aromatic rings. The molecule has 0 bridgehead atoms. The van der Waals surface area contributed by atoms with Crippen LogP contribution in [0.5, 0.6) is 0 Å². The van der Waals surface area contributed by atoms with E-state index in [1.54, 1.807) is 0 Å². The van der Waals surface area contributed by atoms with Crippen LogP contribution in [0.25, 0.3) is 0 Å². The van der Waals surface area contributed by atoms with E-state index in [4.69, 9.17) is 17.5 Å². The van der Waals surface area contributed by atoms with Gasteiger partial charge in [0.15, 0.2) is 0 Å². The Morgan fingerprint density at radius 2 is 0.750 bits per heavy atom. The summed E-state index contributed by atoms with van der Waals surface area (Å²) in [5, 5.41) is 0. The number of hydrogen-bond acceptors (Lipinski definition) is 2. The molecule has 0 spiro atoms. The van der Waals surface area contributed by atoms with Crippen molar-refractivity contribution in [3.05, 3.63) is 0 Å². The molecule has 0 saturated carbocycles. The second kappa shape index (κ2) is 29.8. The summed E-state index contributed by atoms with van der Waals surface area (Å²) in [6, 6.07) is 0. The van der Waals surface area contributed by atoms with Crippen molar-refractivity contribution >= 4 is 10.4 Å². The summed E-state index contributed by atoms with van der Waals surface area (Å²) in [5.74, 6) is 0. The minimum Gasteiger partial charge on any atom is -0.412 e. The molecule has 12 heavy (non-hydrogen) atoms. The molecule has 0 fully saturated rings. The van der Waals surface area contributed by atoms with Gasteiger partial charge in [0.05, 0.1) is 0 Å². The van der Waals surface area contributed by atoms with Crippen molar-refractivity contribution in [3.8, 4) is 0 Å². The molecule has 0 aromatic carbocycles. The molecule has 0 atom stereocenters. The van der Waals surface area contributed by atoms with E-state index in [-0.39, 0.29) is 63.9 Å². The van der Waals surface area contributed by atoms with E-state index >= 15 is 0 Å². The molecule has 9 nitrogen and oxygen atoms in total. The van der Waals surface area contributed by atoms with Gasteiger partial charge in [-0.25, -0.2) is 0 Å². The maximum absolute atomic E-state index is 8.74. The molecule has 12 heteroatoms. The van der Waals surface area contributed by atoms with Crippen molar-refractivity contribution in [3.63, 3.8) is 0 Å². The summed E-state index contributed by atoms with van der Waals surface area (Å²) in [4.78, 5) is 0. The summed E-state index contributed by atoms with van der Waals surface area (Å²) in [6.45, 7) is 0. The van der Waals surface area contributed by atoms with Crippen LogP contribution < -0.4 is 0 Å². The molecular formula is H12CuO9SZn. The van der Waals surface area contributed by atoms with E-state index in [1.165, 1.54) is 0 Å². The van der Waals surface area contributed by atoms with Gasteiger partial charge in [-0.2, -0.15) is 8.42 Å². The van der Waals surface area contributed by atoms with E-state index in [0.29, 0.717) is 0 Å². The third-order valence-electron chi connectivity index (χ3n) is 0. The summed E-state index contributed by atoms with van der Waals surface area (Å²) in [5.41, 5.74) is 0. The zero-order valence-electron chi connectivity index (χ0n) is 5.63. The van der Waals surface area contributed by atoms with Crippen molar-refractivity contribution in [2.45, 2.75) is 0 Å². The van der Waals surface area contributed by atoms with Crippen molar-refractivity contribution in [2.75, 3.05) is 0 Å². The summed E-state index contributed by atoms with van der Waals surface area (Å²) in [7, 11) is -4.67. The van der Waals surface area contributed by atoms with Crippen molar-refractivity contribution in [2.24, 2.45) is 0 Å². The Hall–Kier alpha value is 0.813. The molecular weight excluding hydrogens is 305 g/mol. The molecule has 0 saturated heterocycles. The van der Waals surface area contributed by atoms with Gasteiger partial charge in [0.25, 0.3) is 0 Å². The predicted octanol–water partition coefficient (Wildman–Crippen LogP) is -4.78. The SMILES string of the molecule is O.O.O.O.O.O=S(=O)(O)O.[Cu].[Zn]. The van der Waals surface area contributed by atoms with Crippen LogP contribution in [0, 0.1) is 0 Å². The first-order chi connectivity index (χ1) is 2.00. The Morgan fingerprint density at radius 1 is 0.750 bits per heavy atom. The number of rotatable bonds is 0. The van der Waals surface area contributed by atoms with Gasteiger partial charge in [-0.1, -0.05) is 0 Å². The molecule has 85 valence electrons. The van der Waals surface area contributed by atoms with Gasteiger partial charge >= 0.3 is 10.4 Å². The van der Waals surface area contributed by atoms with E-state index in [0.717, 1.165) is 0 Å². The average molecular weight is 317 g/mol. The fourth-order valence-electron chi connectivity index (χ4n) is 0. The predicted molar refractivity (Wildman–Crippen MR) is 32.2 cm³/mol. The van der Waals surface area contributed by atoms with Crippen LogP contribution in [-0.2, 0) is 46.9 Å². The minimum absolute atomic E-state index is 0. The number of hydrogen-bond donors (Lipinski definition) is 2. The largest absolute Gasteiger partial charge is 0.412 e. The Kier molecular flexibility index (Phi) is 191. The van der Waals surface area contributed by atoms with Gasteiger partial charge in [-0.3, -0.25) is 9.11 Å². The first-order valence-corrected chi connectivity index (χ1v) is 2.10. The standard InChI is InChI=1S/Cu.H2O4S.5H2O.Zn/c;1-5(2,3)4;;;;;;/h;(H2,1,2,3,4);5*1H2;. The van der Waals surface area contributed by atoms with Gasteiger partial charge in [-0.05, 0) is 0 Å². The Balaban J connectivity index is -0.00000000381. The van der Waals surface area contributed by atoms with E-state index < -0.39 is 10.4 Å². The van der Waals surface area contributed by atoms with Crippen LogP contribution in [0.1, 0.15) is 0 Å². The molecule has 0 aromatic heterocycles. The first-order valence-electron chi connectivity index (χ1n) is 0.698. The normalized spacial score (nSPS) is 4.83. The molecule has 0 aliphatic carbocycles. The van der Waals surface area contributed by atoms with Gasteiger partial charge < -0.3 is 27.4 Å².